The van der Waals surface area contributed by atoms with E-state index in [1.807, 2.05) is 24.7 Å². The minimum absolute atomic E-state index is 0.173. The molecule has 1 aromatic heterocycles. The van der Waals surface area contributed by atoms with Gasteiger partial charge in [-0.05, 0) is 30.9 Å². The molecular formula is C19H21N3O2. The largest absolute Gasteiger partial charge is 0.329 e. The lowest BCUT2D eigenvalue weighted by Crippen LogP contribution is -2.52. The number of aromatic nitrogens is 2. The highest BCUT2D eigenvalue weighted by Gasteiger charge is 2.46. The maximum Gasteiger partial charge on any atom is 0.261 e. The van der Waals surface area contributed by atoms with Crippen LogP contribution in [0.5, 0.6) is 0 Å². The van der Waals surface area contributed by atoms with Crippen molar-refractivity contribution in [1.82, 2.24) is 14.5 Å². The van der Waals surface area contributed by atoms with E-state index in [4.69, 9.17) is 0 Å². The second-order valence-electron chi connectivity index (χ2n) is 6.96. The zero-order valence-corrected chi connectivity index (χ0v) is 13.8. The number of hydrogen-bond donors (Lipinski definition) is 0. The van der Waals surface area contributed by atoms with Crippen LogP contribution in [0.2, 0.25) is 0 Å². The van der Waals surface area contributed by atoms with Crippen LogP contribution in [0.25, 0.3) is 0 Å². The summed E-state index contributed by atoms with van der Waals surface area (Å²) < 4.78 is 2.11. The van der Waals surface area contributed by atoms with Gasteiger partial charge in [-0.3, -0.25) is 14.5 Å². The number of imide groups is 1. The lowest BCUT2D eigenvalue weighted by Gasteiger charge is -2.45. The third-order valence-corrected chi connectivity index (χ3v) is 5.74. The molecule has 1 aromatic carbocycles. The van der Waals surface area contributed by atoms with Gasteiger partial charge in [0.1, 0.15) is 0 Å². The van der Waals surface area contributed by atoms with Crippen LogP contribution >= 0.6 is 0 Å². The van der Waals surface area contributed by atoms with Gasteiger partial charge in [0.25, 0.3) is 11.8 Å². The van der Waals surface area contributed by atoms with E-state index >= 15 is 0 Å². The van der Waals surface area contributed by atoms with Gasteiger partial charge in [0.05, 0.1) is 29.5 Å². The third-order valence-electron chi connectivity index (χ3n) is 5.74. The zero-order valence-electron chi connectivity index (χ0n) is 13.8. The molecule has 1 aliphatic carbocycles. The molecule has 2 heterocycles. The summed E-state index contributed by atoms with van der Waals surface area (Å²) in [6.07, 6.45) is 9.90. The molecule has 0 spiro atoms. The van der Waals surface area contributed by atoms with Gasteiger partial charge < -0.3 is 4.57 Å². The minimum Gasteiger partial charge on any atom is -0.329 e. The van der Waals surface area contributed by atoms with E-state index < -0.39 is 0 Å². The Labute approximate surface area is 141 Å². The number of carbonyl (C=O) groups is 2. The molecule has 2 aliphatic rings. The van der Waals surface area contributed by atoms with Gasteiger partial charge in [-0.1, -0.05) is 31.9 Å². The summed E-state index contributed by atoms with van der Waals surface area (Å²) in [6, 6.07) is 7.10. The first kappa shape index (κ1) is 15.1. The molecular weight excluding hydrogens is 302 g/mol. The van der Waals surface area contributed by atoms with Crippen LogP contribution in [0.1, 0.15) is 53.3 Å². The molecule has 2 unspecified atom stereocenters. The van der Waals surface area contributed by atoms with Crippen molar-refractivity contribution in [2.45, 2.75) is 38.1 Å². The smallest absolute Gasteiger partial charge is 0.261 e. The van der Waals surface area contributed by atoms with Crippen LogP contribution in [0.3, 0.4) is 0 Å². The standard InChI is InChI=1S/C19H21N3O2/c1-14-6-4-5-9-19(14,21-11-10-20-13-21)12-22-17(23)15-7-2-3-8-16(15)18(22)24/h2-3,7-8,10-11,13-14H,4-6,9,12H2,1H3. The number of hydrogen-bond acceptors (Lipinski definition) is 3. The first-order valence-electron chi connectivity index (χ1n) is 8.57. The van der Waals surface area contributed by atoms with Crippen LogP contribution in [0.15, 0.2) is 43.0 Å². The number of imidazole rings is 1. The number of fused-ring (bicyclic) bond motifs is 1. The highest BCUT2D eigenvalue weighted by atomic mass is 16.2. The molecule has 5 nitrogen and oxygen atoms in total. The van der Waals surface area contributed by atoms with E-state index in [1.54, 1.807) is 18.3 Å². The minimum atomic E-state index is -0.262. The van der Waals surface area contributed by atoms with E-state index in [0.717, 1.165) is 19.3 Å². The van der Waals surface area contributed by atoms with E-state index in [-0.39, 0.29) is 17.4 Å². The summed E-state index contributed by atoms with van der Waals surface area (Å²) in [5.74, 6) is 0.0329. The maximum absolute atomic E-state index is 12.8. The number of amides is 2. The van der Waals surface area contributed by atoms with Crippen LogP contribution in [0, 0.1) is 5.92 Å². The van der Waals surface area contributed by atoms with Crippen molar-refractivity contribution in [3.05, 3.63) is 54.1 Å². The molecule has 124 valence electrons. The van der Waals surface area contributed by atoms with Gasteiger partial charge >= 0.3 is 0 Å². The third kappa shape index (κ3) is 2.11. The van der Waals surface area contributed by atoms with Gasteiger partial charge in [-0.2, -0.15) is 0 Å². The Morgan fingerprint density at radius 1 is 1.17 bits per heavy atom. The molecule has 5 heteroatoms. The lowest BCUT2D eigenvalue weighted by molar-refractivity contribution is 0.0414. The molecule has 0 saturated heterocycles. The maximum atomic E-state index is 12.8. The fraction of sp³-hybridized carbons (Fsp3) is 0.421. The van der Waals surface area contributed by atoms with Crippen LogP contribution in [-0.4, -0.2) is 32.8 Å². The topological polar surface area (TPSA) is 55.2 Å². The SMILES string of the molecule is CC1CCCCC1(CN1C(=O)c2ccccc2C1=O)n1ccnc1. The van der Waals surface area contributed by atoms with Crippen LogP contribution in [0.4, 0.5) is 0 Å². The molecule has 2 amide bonds. The Balaban J connectivity index is 1.72. The van der Waals surface area contributed by atoms with Gasteiger partial charge in [0.15, 0.2) is 0 Å². The Kier molecular flexibility index (Phi) is 3.52. The summed E-state index contributed by atoms with van der Waals surface area (Å²) in [5.41, 5.74) is 0.778. The fourth-order valence-electron chi connectivity index (χ4n) is 4.28. The lowest BCUT2D eigenvalue weighted by atomic mass is 9.73. The predicted molar refractivity (Wildman–Crippen MR) is 89.6 cm³/mol. The average molecular weight is 323 g/mol. The molecule has 0 N–H and O–H groups in total. The highest BCUT2D eigenvalue weighted by Crippen LogP contribution is 2.41. The number of carbonyl (C=O) groups excluding carboxylic acids is 2. The average Bonchev–Trinajstić information content (AvgIpc) is 3.22. The first-order valence-corrected chi connectivity index (χ1v) is 8.57. The summed E-state index contributed by atoms with van der Waals surface area (Å²) in [5, 5.41) is 0. The van der Waals surface area contributed by atoms with Crippen molar-refractivity contribution in [1.29, 1.82) is 0 Å². The quantitative estimate of drug-likeness (QED) is 0.816. The van der Waals surface area contributed by atoms with E-state index in [2.05, 4.69) is 16.5 Å². The van der Waals surface area contributed by atoms with Gasteiger partial charge in [-0.25, -0.2) is 4.98 Å². The molecule has 0 radical (unpaired) electrons. The Bertz CT molecular complexity index is 749. The summed E-state index contributed by atoms with van der Waals surface area (Å²) in [7, 11) is 0. The Morgan fingerprint density at radius 2 is 1.88 bits per heavy atom. The Morgan fingerprint density at radius 3 is 2.46 bits per heavy atom. The van der Waals surface area contributed by atoms with Crippen molar-refractivity contribution in [2.75, 3.05) is 6.54 Å². The van der Waals surface area contributed by atoms with Crippen molar-refractivity contribution < 1.29 is 9.59 Å². The normalized spacial score (nSPS) is 26.7. The van der Waals surface area contributed by atoms with Crippen LogP contribution in [-0.2, 0) is 5.54 Å². The second kappa shape index (κ2) is 5.58. The van der Waals surface area contributed by atoms with E-state index in [1.165, 1.54) is 11.3 Å². The van der Waals surface area contributed by atoms with E-state index in [9.17, 15) is 9.59 Å². The van der Waals surface area contributed by atoms with Crippen LogP contribution < -0.4 is 0 Å². The molecule has 4 rings (SSSR count). The summed E-state index contributed by atoms with van der Waals surface area (Å²) >= 11 is 0. The van der Waals surface area contributed by atoms with Crippen molar-refractivity contribution in [3.8, 4) is 0 Å². The predicted octanol–water partition coefficient (Wildman–Crippen LogP) is 3.08. The molecule has 1 saturated carbocycles. The number of nitrogens with zero attached hydrogens (tertiary/aromatic N) is 3. The van der Waals surface area contributed by atoms with E-state index in [0.29, 0.717) is 23.6 Å². The van der Waals surface area contributed by atoms with Crippen molar-refractivity contribution in [3.63, 3.8) is 0 Å². The monoisotopic (exact) mass is 323 g/mol. The Hall–Kier alpha value is -2.43. The molecule has 2 aromatic rings. The van der Waals surface area contributed by atoms with Gasteiger partial charge in [0.2, 0.25) is 0 Å². The first-order chi connectivity index (χ1) is 11.6. The number of benzene rings is 1. The second-order valence-corrected chi connectivity index (χ2v) is 6.96. The van der Waals surface area contributed by atoms with Gasteiger partial charge in [-0.15, -0.1) is 0 Å². The number of rotatable bonds is 3. The molecule has 0 bridgehead atoms. The van der Waals surface area contributed by atoms with Gasteiger partial charge in [0, 0.05) is 12.4 Å². The molecule has 24 heavy (non-hydrogen) atoms. The van der Waals surface area contributed by atoms with Crippen molar-refractivity contribution >= 4 is 11.8 Å². The molecule has 2 atom stereocenters. The fourth-order valence-corrected chi connectivity index (χ4v) is 4.28. The van der Waals surface area contributed by atoms with Crippen molar-refractivity contribution in [2.24, 2.45) is 5.92 Å². The zero-order chi connectivity index (χ0) is 16.7. The summed E-state index contributed by atoms with van der Waals surface area (Å²) in [6.45, 7) is 2.63. The summed E-state index contributed by atoms with van der Waals surface area (Å²) in [4.78, 5) is 31.2. The highest BCUT2D eigenvalue weighted by molar-refractivity contribution is 6.21. The molecule has 1 fully saturated rings. The molecule has 1 aliphatic heterocycles.